The fourth-order valence-corrected chi connectivity index (χ4v) is 2.82. The van der Waals surface area contributed by atoms with E-state index in [9.17, 15) is 0 Å². The van der Waals surface area contributed by atoms with Gasteiger partial charge < -0.3 is 10.6 Å². The van der Waals surface area contributed by atoms with Crippen molar-refractivity contribution < 1.29 is 0 Å². The minimum Gasteiger partial charge on any atom is -0.354 e. The Kier molecular flexibility index (Phi) is 5.38. The predicted molar refractivity (Wildman–Crippen MR) is 80.4 cm³/mol. The smallest absolute Gasteiger partial charge is 0.191 e. The summed E-state index contributed by atoms with van der Waals surface area (Å²) in [5.41, 5.74) is 0. The molecule has 0 spiro atoms. The van der Waals surface area contributed by atoms with E-state index in [-0.39, 0.29) is 0 Å². The maximum atomic E-state index is 4.30. The lowest BCUT2D eigenvalue weighted by molar-refractivity contribution is 0.298. The molecule has 2 rings (SSSR count). The first-order valence-corrected chi connectivity index (χ1v) is 7.53. The van der Waals surface area contributed by atoms with Crippen molar-refractivity contribution in [2.45, 2.75) is 51.6 Å². The lowest BCUT2D eigenvalue weighted by Crippen LogP contribution is -2.45. The maximum Gasteiger partial charge on any atom is 0.191 e. The molecular formula is C14H26N6. The molecule has 0 bridgehead atoms. The zero-order chi connectivity index (χ0) is 14.4. The Morgan fingerprint density at radius 1 is 1.50 bits per heavy atom. The van der Waals surface area contributed by atoms with Crippen LogP contribution in [0.2, 0.25) is 0 Å². The molecule has 112 valence electrons. The van der Waals surface area contributed by atoms with Crippen LogP contribution in [-0.2, 0) is 13.6 Å². The van der Waals surface area contributed by atoms with Crippen LogP contribution < -0.4 is 10.6 Å². The molecule has 2 N–H and O–H groups in total. The molecule has 0 radical (unpaired) electrons. The number of rotatable bonds is 4. The normalized spacial score (nSPS) is 23.6. The molecule has 0 aliphatic heterocycles. The lowest BCUT2D eigenvalue weighted by atomic mass is 9.84. The van der Waals surface area contributed by atoms with Crippen molar-refractivity contribution in [3.05, 3.63) is 12.2 Å². The summed E-state index contributed by atoms with van der Waals surface area (Å²) in [5.74, 6) is 2.62. The third-order valence-corrected chi connectivity index (χ3v) is 4.14. The van der Waals surface area contributed by atoms with Gasteiger partial charge in [-0.15, -0.1) is 0 Å². The zero-order valence-corrected chi connectivity index (χ0v) is 12.8. The van der Waals surface area contributed by atoms with E-state index < -0.39 is 0 Å². The average Bonchev–Trinajstić information content (AvgIpc) is 2.89. The molecule has 6 nitrogen and oxygen atoms in total. The second-order valence-corrected chi connectivity index (χ2v) is 5.51. The summed E-state index contributed by atoms with van der Waals surface area (Å²) in [7, 11) is 3.71. The van der Waals surface area contributed by atoms with Crippen LogP contribution in [0.15, 0.2) is 11.3 Å². The Morgan fingerprint density at radius 3 is 3.00 bits per heavy atom. The van der Waals surface area contributed by atoms with Crippen LogP contribution in [0.1, 0.15) is 44.9 Å². The van der Waals surface area contributed by atoms with E-state index in [4.69, 9.17) is 0 Å². The van der Waals surface area contributed by atoms with E-state index in [0.29, 0.717) is 12.6 Å². The summed E-state index contributed by atoms with van der Waals surface area (Å²) >= 11 is 0. The Hall–Kier alpha value is -1.59. The minimum atomic E-state index is 0.541. The Labute approximate surface area is 121 Å². The quantitative estimate of drug-likeness (QED) is 0.646. The first kappa shape index (κ1) is 14.8. The zero-order valence-electron chi connectivity index (χ0n) is 12.8. The van der Waals surface area contributed by atoms with Gasteiger partial charge in [0.2, 0.25) is 0 Å². The molecule has 1 aliphatic rings. The van der Waals surface area contributed by atoms with Gasteiger partial charge in [-0.2, -0.15) is 5.10 Å². The number of hydrogen-bond donors (Lipinski definition) is 2. The van der Waals surface area contributed by atoms with E-state index in [1.54, 1.807) is 11.0 Å². The molecule has 1 aromatic rings. The molecule has 20 heavy (non-hydrogen) atoms. The van der Waals surface area contributed by atoms with Gasteiger partial charge in [-0.1, -0.05) is 26.2 Å². The molecule has 0 amide bonds. The summed E-state index contributed by atoms with van der Waals surface area (Å²) in [6.45, 7) is 2.92. The number of nitrogens with one attached hydrogen (secondary N) is 2. The molecule has 1 aliphatic carbocycles. The lowest BCUT2D eigenvalue weighted by Gasteiger charge is -2.30. The Morgan fingerprint density at radius 2 is 2.35 bits per heavy atom. The van der Waals surface area contributed by atoms with Gasteiger partial charge in [0.05, 0.1) is 6.54 Å². The molecule has 0 saturated heterocycles. The molecular weight excluding hydrogens is 252 g/mol. The number of nitrogens with zero attached hydrogens (tertiary/aromatic N) is 4. The van der Waals surface area contributed by atoms with Gasteiger partial charge in [0.25, 0.3) is 0 Å². The van der Waals surface area contributed by atoms with Crippen molar-refractivity contribution in [1.82, 2.24) is 25.4 Å². The minimum absolute atomic E-state index is 0.541. The van der Waals surface area contributed by atoms with Crippen molar-refractivity contribution >= 4 is 5.96 Å². The largest absolute Gasteiger partial charge is 0.354 e. The first-order chi connectivity index (χ1) is 9.72. The van der Waals surface area contributed by atoms with Gasteiger partial charge >= 0.3 is 0 Å². The second-order valence-electron chi connectivity index (χ2n) is 5.51. The van der Waals surface area contributed by atoms with Crippen molar-refractivity contribution in [1.29, 1.82) is 0 Å². The highest BCUT2D eigenvalue weighted by molar-refractivity contribution is 5.79. The van der Waals surface area contributed by atoms with Gasteiger partial charge in [0.1, 0.15) is 12.2 Å². The van der Waals surface area contributed by atoms with E-state index >= 15 is 0 Å². The molecule has 1 fully saturated rings. The number of aryl methyl sites for hydroxylation is 1. The summed E-state index contributed by atoms with van der Waals surface area (Å²) < 4.78 is 1.77. The predicted octanol–water partition coefficient (Wildman–Crippen LogP) is 1.45. The standard InChI is InChI=1S/C14H26N6/c1-4-11-6-5-7-12(8-11)19-14(15-2)16-9-13-17-10-18-20(13)3/h10-12H,4-9H2,1-3H3,(H2,15,16,19). The number of aliphatic imine (C=N–C) groups is 1. The average molecular weight is 278 g/mol. The first-order valence-electron chi connectivity index (χ1n) is 7.53. The Balaban J connectivity index is 1.82. The van der Waals surface area contributed by atoms with Gasteiger partial charge in [-0.05, 0) is 18.8 Å². The van der Waals surface area contributed by atoms with Gasteiger partial charge in [0, 0.05) is 20.1 Å². The van der Waals surface area contributed by atoms with E-state index in [0.717, 1.165) is 17.7 Å². The topological polar surface area (TPSA) is 67.1 Å². The monoisotopic (exact) mass is 278 g/mol. The highest BCUT2D eigenvalue weighted by Gasteiger charge is 2.21. The van der Waals surface area contributed by atoms with E-state index in [2.05, 4.69) is 32.6 Å². The summed E-state index contributed by atoms with van der Waals surface area (Å²) in [6.07, 6.45) is 8.03. The van der Waals surface area contributed by atoms with Crippen molar-refractivity contribution in [3.8, 4) is 0 Å². The van der Waals surface area contributed by atoms with Crippen LogP contribution in [0, 0.1) is 5.92 Å². The van der Waals surface area contributed by atoms with E-state index in [1.807, 2.05) is 14.1 Å². The van der Waals surface area contributed by atoms with Crippen LogP contribution in [-0.4, -0.2) is 33.8 Å². The van der Waals surface area contributed by atoms with Crippen molar-refractivity contribution in [2.75, 3.05) is 7.05 Å². The molecule has 2 unspecified atom stereocenters. The van der Waals surface area contributed by atoms with Crippen LogP contribution in [0.5, 0.6) is 0 Å². The number of guanidine groups is 1. The maximum absolute atomic E-state index is 4.30. The second kappa shape index (κ2) is 7.26. The number of aromatic nitrogens is 3. The van der Waals surface area contributed by atoms with Crippen LogP contribution in [0.3, 0.4) is 0 Å². The van der Waals surface area contributed by atoms with Crippen molar-refractivity contribution in [3.63, 3.8) is 0 Å². The Bertz CT molecular complexity index is 439. The summed E-state index contributed by atoms with van der Waals surface area (Å²) in [4.78, 5) is 8.50. The molecule has 0 aromatic carbocycles. The molecule has 2 atom stereocenters. The fourth-order valence-electron chi connectivity index (χ4n) is 2.82. The highest BCUT2D eigenvalue weighted by Crippen LogP contribution is 2.26. The number of hydrogen-bond acceptors (Lipinski definition) is 3. The summed E-state index contributed by atoms with van der Waals surface area (Å²) in [5, 5.41) is 10.9. The van der Waals surface area contributed by atoms with Gasteiger partial charge in [-0.25, -0.2) is 4.98 Å². The molecule has 1 aromatic heterocycles. The summed E-state index contributed by atoms with van der Waals surface area (Å²) in [6, 6.07) is 0.541. The van der Waals surface area contributed by atoms with Crippen LogP contribution >= 0.6 is 0 Å². The van der Waals surface area contributed by atoms with Crippen LogP contribution in [0.25, 0.3) is 0 Å². The highest BCUT2D eigenvalue weighted by atomic mass is 15.3. The SMILES string of the molecule is CCC1CCCC(NC(=NC)NCc2ncnn2C)C1. The molecule has 1 heterocycles. The molecule has 6 heteroatoms. The van der Waals surface area contributed by atoms with Gasteiger partial charge in [-0.3, -0.25) is 9.67 Å². The van der Waals surface area contributed by atoms with Crippen molar-refractivity contribution in [2.24, 2.45) is 18.0 Å². The molecule has 1 saturated carbocycles. The van der Waals surface area contributed by atoms with E-state index in [1.165, 1.54) is 32.1 Å². The van der Waals surface area contributed by atoms with Gasteiger partial charge in [0.15, 0.2) is 5.96 Å². The van der Waals surface area contributed by atoms with Crippen LogP contribution in [0.4, 0.5) is 0 Å². The third-order valence-electron chi connectivity index (χ3n) is 4.14. The fraction of sp³-hybridized carbons (Fsp3) is 0.786. The third kappa shape index (κ3) is 3.95.